The highest BCUT2D eigenvalue weighted by Crippen LogP contribution is 2.37. The van der Waals surface area contributed by atoms with E-state index in [2.05, 4.69) is 15.9 Å². The lowest BCUT2D eigenvalue weighted by molar-refractivity contribution is -0.385. The Morgan fingerprint density at radius 3 is 2.67 bits per heavy atom. The third-order valence-electron chi connectivity index (χ3n) is 3.02. The average molecular weight is 354 g/mol. The number of alkyl halides is 1. The molecule has 0 fully saturated rings. The number of benzene rings is 2. The predicted molar refractivity (Wildman–Crippen MR) is 81.7 cm³/mol. The van der Waals surface area contributed by atoms with Gasteiger partial charge in [-0.2, -0.15) is 0 Å². The third kappa shape index (κ3) is 3.21. The topological polar surface area (TPSA) is 52.4 Å². The first-order valence-corrected chi connectivity index (χ1v) is 7.33. The van der Waals surface area contributed by atoms with Gasteiger partial charge in [0, 0.05) is 17.0 Å². The van der Waals surface area contributed by atoms with Gasteiger partial charge in [-0.15, -0.1) is 0 Å². The number of nitro benzene ring substituents is 1. The Labute approximate surface area is 129 Å². The van der Waals surface area contributed by atoms with E-state index in [4.69, 9.17) is 4.74 Å². The zero-order valence-corrected chi connectivity index (χ0v) is 13.1. The SMILES string of the molecule is Cc1cc(C)c(Oc2cccc(F)c2CBr)c([N+](=O)[O-])c1. The molecule has 0 aromatic heterocycles. The van der Waals surface area contributed by atoms with E-state index in [1.807, 2.05) is 0 Å². The molecule has 110 valence electrons. The number of hydrogen-bond acceptors (Lipinski definition) is 3. The Bertz CT molecular complexity index is 704. The Morgan fingerprint density at radius 2 is 2.05 bits per heavy atom. The van der Waals surface area contributed by atoms with Gasteiger partial charge in [-0.3, -0.25) is 10.1 Å². The first-order chi connectivity index (χ1) is 9.93. The van der Waals surface area contributed by atoms with Gasteiger partial charge in [0.2, 0.25) is 5.75 Å². The van der Waals surface area contributed by atoms with Gasteiger partial charge in [-0.25, -0.2) is 4.39 Å². The Balaban J connectivity index is 2.54. The fourth-order valence-corrected chi connectivity index (χ4v) is 2.62. The van der Waals surface area contributed by atoms with E-state index in [-0.39, 0.29) is 22.5 Å². The summed E-state index contributed by atoms with van der Waals surface area (Å²) in [6, 6.07) is 7.64. The molecule has 0 aliphatic heterocycles. The molecule has 0 radical (unpaired) electrons. The second kappa shape index (κ2) is 6.22. The molecule has 0 saturated carbocycles. The van der Waals surface area contributed by atoms with Crippen molar-refractivity contribution < 1.29 is 14.1 Å². The van der Waals surface area contributed by atoms with Crippen LogP contribution in [-0.4, -0.2) is 4.92 Å². The van der Waals surface area contributed by atoms with E-state index in [0.717, 1.165) is 5.56 Å². The van der Waals surface area contributed by atoms with Crippen LogP contribution in [0.3, 0.4) is 0 Å². The van der Waals surface area contributed by atoms with Gasteiger partial charge >= 0.3 is 5.69 Å². The molecule has 0 bridgehead atoms. The molecule has 4 nitrogen and oxygen atoms in total. The quantitative estimate of drug-likeness (QED) is 0.439. The molecule has 0 aliphatic carbocycles. The van der Waals surface area contributed by atoms with E-state index >= 15 is 0 Å². The molecular weight excluding hydrogens is 341 g/mol. The lowest BCUT2D eigenvalue weighted by Crippen LogP contribution is -1.99. The van der Waals surface area contributed by atoms with Crippen molar-refractivity contribution in [2.24, 2.45) is 0 Å². The number of halogens is 2. The highest BCUT2D eigenvalue weighted by Gasteiger charge is 2.21. The number of rotatable bonds is 4. The van der Waals surface area contributed by atoms with Crippen LogP contribution in [0, 0.1) is 29.8 Å². The average Bonchev–Trinajstić information content (AvgIpc) is 2.41. The molecule has 0 heterocycles. The van der Waals surface area contributed by atoms with Gasteiger partial charge in [0.25, 0.3) is 0 Å². The lowest BCUT2D eigenvalue weighted by atomic mass is 10.1. The summed E-state index contributed by atoms with van der Waals surface area (Å²) in [5.41, 5.74) is 1.60. The summed E-state index contributed by atoms with van der Waals surface area (Å²) in [5.74, 6) is -0.0166. The van der Waals surface area contributed by atoms with Gasteiger partial charge in [0.1, 0.15) is 11.6 Å². The molecular formula is C15H13BrFNO3. The van der Waals surface area contributed by atoms with Gasteiger partial charge in [-0.1, -0.05) is 28.1 Å². The number of ether oxygens (including phenoxy) is 1. The molecule has 0 atom stereocenters. The van der Waals surface area contributed by atoms with Crippen LogP contribution in [0.2, 0.25) is 0 Å². The minimum Gasteiger partial charge on any atom is -0.449 e. The van der Waals surface area contributed by atoms with Gasteiger partial charge in [0.15, 0.2) is 0 Å². The van der Waals surface area contributed by atoms with E-state index in [1.165, 1.54) is 18.2 Å². The largest absolute Gasteiger partial charge is 0.449 e. The van der Waals surface area contributed by atoms with Crippen molar-refractivity contribution in [3.63, 3.8) is 0 Å². The zero-order valence-electron chi connectivity index (χ0n) is 11.5. The summed E-state index contributed by atoms with van der Waals surface area (Å²) in [7, 11) is 0. The van der Waals surface area contributed by atoms with E-state index in [1.54, 1.807) is 26.0 Å². The minimum atomic E-state index is -0.498. The maximum absolute atomic E-state index is 13.7. The highest BCUT2D eigenvalue weighted by molar-refractivity contribution is 9.08. The van der Waals surface area contributed by atoms with Crippen molar-refractivity contribution in [1.29, 1.82) is 0 Å². The molecule has 0 amide bonds. The lowest BCUT2D eigenvalue weighted by Gasteiger charge is -2.13. The summed E-state index contributed by atoms with van der Waals surface area (Å²) in [5, 5.41) is 11.4. The molecule has 0 N–H and O–H groups in total. The number of hydrogen-bond donors (Lipinski definition) is 0. The van der Waals surface area contributed by atoms with E-state index in [0.29, 0.717) is 11.1 Å². The fourth-order valence-electron chi connectivity index (χ4n) is 2.07. The zero-order chi connectivity index (χ0) is 15.6. The molecule has 2 aromatic carbocycles. The van der Waals surface area contributed by atoms with Crippen LogP contribution in [0.5, 0.6) is 11.5 Å². The van der Waals surface area contributed by atoms with E-state index in [9.17, 15) is 14.5 Å². The highest BCUT2D eigenvalue weighted by atomic mass is 79.9. The summed E-state index contributed by atoms with van der Waals surface area (Å²) >= 11 is 3.20. The molecule has 0 spiro atoms. The second-order valence-electron chi connectivity index (χ2n) is 4.64. The van der Waals surface area contributed by atoms with Crippen LogP contribution in [0.1, 0.15) is 16.7 Å². The van der Waals surface area contributed by atoms with Gasteiger partial charge in [-0.05, 0) is 37.1 Å². The minimum absolute atomic E-state index is 0.128. The molecule has 6 heteroatoms. The maximum atomic E-state index is 13.7. The summed E-state index contributed by atoms with van der Waals surface area (Å²) in [6.07, 6.45) is 0. The smallest absolute Gasteiger partial charge is 0.312 e. The maximum Gasteiger partial charge on any atom is 0.312 e. The predicted octanol–water partition coefficient (Wildman–Crippen LogP) is 5.04. The van der Waals surface area contributed by atoms with Crippen molar-refractivity contribution in [3.8, 4) is 11.5 Å². The Morgan fingerprint density at radius 1 is 1.33 bits per heavy atom. The van der Waals surface area contributed by atoms with Crippen LogP contribution in [0.25, 0.3) is 0 Å². The molecule has 0 aliphatic rings. The molecule has 21 heavy (non-hydrogen) atoms. The summed E-state index contributed by atoms with van der Waals surface area (Å²) in [4.78, 5) is 10.7. The summed E-state index contributed by atoms with van der Waals surface area (Å²) < 4.78 is 19.4. The Hall–Kier alpha value is -1.95. The number of nitro groups is 1. The molecule has 2 rings (SSSR count). The van der Waals surface area contributed by atoms with Crippen LogP contribution in [-0.2, 0) is 5.33 Å². The molecule has 0 saturated heterocycles. The first-order valence-electron chi connectivity index (χ1n) is 6.21. The summed E-state index contributed by atoms with van der Waals surface area (Å²) in [6.45, 7) is 3.50. The monoisotopic (exact) mass is 353 g/mol. The Kier molecular flexibility index (Phi) is 4.57. The van der Waals surface area contributed by atoms with Crippen molar-refractivity contribution in [3.05, 3.63) is 63.0 Å². The molecule has 0 unspecified atom stereocenters. The first kappa shape index (κ1) is 15.4. The number of aryl methyl sites for hydroxylation is 2. The van der Waals surface area contributed by atoms with Crippen molar-refractivity contribution in [2.45, 2.75) is 19.2 Å². The second-order valence-corrected chi connectivity index (χ2v) is 5.20. The van der Waals surface area contributed by atoms with Crippen LogP contribution < -0.4 is 4.74 Å². The van der Waals surface area contributed by atoms with Crippen LogP contribution >= 0.6 is 15.9 Å². The standard InChI is InChI=1S/C15H13BrFNO3/c1-9-6-10(2)15(13(7-9)18(19)20)21-14-5-3-4-12(17)11(14)8-16/h3-7H,8H2,1-2H3. The van der Waals surface area contributed by atoms with Crippen LogP contribution in [0.4, 0.5) is 10.1 Å². The molecule has 2 aromatic rings. The van der Waals surface area contributed by atoms with Crippen molar-refractivity contribution >= 4 is 21.6 Å². The van der Waals surface area contributed by atoms with Gasteiger partial charge in [0.05, 0.1) is 4.92 Å². The third-order valence-corrected chi connectivity index (χ3v) is 3.58. The van der Waals surface area contributed by atoms with E-state index < -0.39 is 10.7 Å². The van der Waals surface area contributed by atoms with Gasteiger partial charge < -0.3 is 4.74 Å². The van der Waals surface area contributed by atoms with Crippen LogP contribution in [0.15, 0.2) is 30.3 Å². The number of nitrogens with zero attached hydrogens (tertiary/aromatic N) is 1. The normalized spacial score (nSPS) is 10.5. The fraction of sp³-hybridized carbons (Fsp3) is 0.200. The van der Waals surface area contributed by atoms with Crippen molar-refractivity contribution in [1.82, 2.24) is 0 Å². The van der Waals surface area contributed by atoms with Crippen molar-refractivity contribution in [2.75, 3.05) is 0 Å².